The van der Waals surface area contributed by atoms with Crippen LogP contribution in [0.4, 0.5) is 13.2 Å². The Morgan fingerprint density at radius 2 is 1.82 bits per heavy atom. The Labute approximate surface area is 96.6 Å². The number of Topliss-reactive ketones (excluding diaryl/α,β-unsaturated/α-hetero) is 2. The van der Waals surface area contributed by atoms with E-state index >= 15 is 0 Å². The van der Waals surface area contributed by atoms with Gasteiger partial charge in [-0.15, -0.1) is 0 Å². The first-order valence-corrected chi connectivity index (χ1v) is 5.00. The molecule has 0 amide bonds. The predicted molar refractivity (Wildman–Crippen MR) is 53.1 cm³/mol. The van der Waals surface area contributed by atoms with E-state index in [1.54, 1.807) is 13.8 Å². The maximum absolute atomic E-state index is 12.3. The molecular formula is C11H13F3O3. The molecule has 1 aliphatic carbocycles. The van der Waals surface area contributed by atoms with Crippen molar-refractivity contribution in [2.75, 3.05) is 7.11 Å². The Hall–Kier alpha value is -1.33. The fraction of sp³-hybridized carbons (Fsp3) is 0.636. The van der Waals surface area contributed by atoms with Gasteiger partial charge in [0.05, 0.1) is 7.11 Å². The van der Waals surface area contributed by atoms with Crippen molar-refractivity contribution in [1.82, 2.24) is 0 Å². The van der Waals surface area contributed by atoms with Gasteiger partial charge in [0, 0.05) is 12.8 Å². The number of halogens is 3. The van der Waals surface area contributed by atoms with Gasteiger partial charge in [0.2, 0.25) is 0 Å². The summed E-state index contributed by atoms with van der Waals surface area (Å²) in [6.07, 6.45) is -4.99. The molecule has 0 aromatic rings. The van der Waals surface area contributed by atoms with Gasteiger partial charge in [-0.1, -0.05) is 13.8 Å². The molecule has 0 radical (unpaired) electrons. The van der Waals surface area contributed by atoms with Crippen molar-refractivity contribution in [3.8, 4) is 0 Å². The van der Waals surface area contributed by atoms with Crippen LogP contribution in [0.25, 0.3) is 0 Å². The van der Waals surface area contributed by atoms with Crippen molar-refractivity contribution in [2.24, 2.45) is 5.41 Å². The van der Waals surface area contributed by atoms with Gasteiger partial charge in [-0.2, -0.15) is 13.2 Å². The first-order chi connectivity index (χ1) is 7.58. The summed E-state index contributed by atoms with van der Waals surface area (Å²) in [6.45, 7) is 3.47. The summed E-state index contributed by atoms with van der Waals surface area (Å²) in [4.78, 5) is 22.7. The SMILES string of the molecule is COC1=C(C(=O)C(F)(F)F)C(=O)CC(C)(C)C1. The van der Waals surface area contributed by atoms with Crippen molar-refractivity contribution < 1.29 is 27.5 Å². The van der Waals surface area contributed by atoms with E-state index in [0.717, 1.165) is 7.11 Å². The number of ketones is 2. The minimum atomic E-state index is -5.05. The van der Waals surface area contributed by atoms with Gasteiger partial charge in [-0.3, -0.25) is 9.59 Å². The molecule has 0 aromatic heterocycles. The van der Waals surface area contributed by atoms with Gasteiger partial charge in [-0.05, 0) is 5.41 Å². The minimum Gasteiger partial charge on any atom is -0.500 e. The van der Waals surface area contributed by atoms with Crippen molar-refractivity contribution in [3.63, 3.8) is 0 Å². The second-order valence-corrected chi connectivity index (χ2v) is 4.77. The zero-order valence-corrected chi connectivity index (χ0v) is 9.77. The van der Waals surface area contributed by atoms with E-state index in [4.69, 9.17) is 4.74 Å². The lowest BCUT2D eigenvalue weighted by atomic mass is 9.75. The highest BCUT2D eigenvalue weighted by molar-refractivity contribution is 6.22. The molecule has 1 rings (SSSR count). The van der Waals surface area contributed by atoms with Crippen LogP contribution in [0.3, 0.4) is 0 Å². The first kappa shape index (κ1) is 13.7. The van der Waals surface area contributed by atoms with E-state index in [-0.39, 0.29) is 18.6 Å². The van der Waals surface area contributed by atoms with Gasteiger partial charge >= 0.3 is 6.18 Å². The number of ether oxygens (including phenoxy) is 1. The van der Waals surface area contributed by atoms with Crippen molar-refractivity contribution in [3.05, 3.63) is 11.3 Å². The molecule has 0 heterocycles. The lowest BCUT2D eigenvalue weighted by Gasteiger charge is -2.30. The average molecular weight is 250 g/mol. The smallest absolute Gasteiger partial charge is 0.455 e. The van der Waals surface area contributed by atoms with Gasteiger partial charge in [0.15, 0.2) is 5.78 Å². The summed E-state index contributed by atoms with van der Waals surface area (Å²) >= 11 is 0. The highest BCUT2D eigenvalue weighted by atomic mass is 19.4. The average Bonchev–Trinajstić information content (AvgIpc) is 2.12. The zero-order valence-electron chi connectivity index (χ0n) is 9.77. The molecule has 0 saturated carbocycles. The van der Waals surface area contributed by atoms with Crippen LogP contribution in [0.5, 0.6) is 0 Å². The highest BCUT2D eigenvalue weighted by Crippen LogP contribution is 2.39. The molecule has 0 spiro atoms. The Bertz CT molecular complexity index is 391. The first-order valence-electron chi connectivity index (χ1n) is 5.00. The van der Waals surface area contributed by atoms with E-state index in [2.05, 4.69) is 0 Å². The van der Waals surface area contributed by atoms with Gasteiger partial charge in [-0.25, -0.2) is 0 Å². The van der Waals surface area contributed by atoms with Gasteiger partial charge in [0.25, 0.3) is 5.78 Å². The maximum Gasteiger partial charge on any atom is 0.455 e. The summed E-state index contributed by atoms with van der Waals surface area (Å²) in [5, 5.41) is 0. The molecule has 6 heteroatoms. The molecular weight excluding hydrogens is 237 g/mol. The number of hydrogen-bond acceptors (Lipinski definition) is 3. The Balaban J connectivity index is 3.23. The van der Waals surface area contributed by atoms with Crippen LogP contribution < -0.4 is 0 Å². The van der Waals surface area contributed by atoms with Crippen molar-refractivity contribution >= 4 is 11.6 Å². The highest BCUT2D eigenvalue weighted by Gasteiger charge is 2.47. The molecule has 0 aromatic carbocycles. The normalized spacial score (nSPS) is 20.5. The topological polar surface area (TPSA) is 43.4 Å². The molecule has 0 atom stereocenters. The number of alkyl halides is 3. The summed E-state index contributed by atoms with van der Waals surface area (Å²) in [6, 6.07) is 0. The molecule has 96 valence electrons. The van der Waals surface area contributed by atoms with E-state index < -0.39 is 28.7 Å². The number of methoxy groups -OCH3 is 1. The summed E-state index contributed by atoms with van der Waals surface area (Å²) < 4.78 is 41.7. The van der Waals surface area contributed by atoms with E-state index in [1.165, 1.54) is 0 Å². The third kappa shape index (κ3) is 2.87. The van der Waals surface area contributed by atoms with Crippen LogP contribution in [-0.2, 0) is 14.3 Å². The van der Waals surface area contributed by atoms with E-state index in [0.29, 0.717) is 0 Å². The third-order valence-electron chi connectivity index (χ3n) is 2.57. The zero-order chi connectivity index (χ0) is 13.4. The molecule has 0 saturated heterocycles. The number of rotatable bonds is 2. The summed E-state index contributed by atoms with van der Waals surface area (Å²) in [5.41, 5.74) is -1.34. The standard InChI is InChI=1S/C11H13F3O3/c1-10(2)4-6(15)8(7(5-10)17-3)9(16)11(12,13)14/h4-5H2,1-3H3. The Morgan fingerprint density at radius 1 is 1.29 bits per heavy atom. The number of hydrogen-bond donors (Lipinski definition) is 0. The van der Waals surface area contributed by atoms with Crippen LogP contribution in [0.2, 0.25) is 0 Å². The lowest BCUT2D eigenvalue weighted by molar-refractivity contribution is -0.167. The fourth-order valence-electron chi connectivity index (χ4n) is 1.83. The van der Waals surface area contributed by atoms with Crippen LogP contribution in [0.15, 0.2) is 11.3 Å². The van der Waals surface area contributed by atoms with Crippen molar-refractivity contribution in [1.29, 1.82) is 0 Å². The number of carbonyl (C=O) groups excluding carboxylic acids is 2. The molecule has 1 aliphatic rings. The van der Waals surface area contributed by atoms with E-state index in [9.17, 15) is 22.8 Å². The quantitative estimate of drug-likeness (QED) is 0.707. The Morgan fingerprint density at radius 3 is 2.24 bits per heavy atom. The van der Waals surface area contributed by atoms with Gasteiger partial charge in [0.1, 0.15) is 11.3 Å². The van der Waals surface area contributed by atoms with Crippen LogP contribution in [-0.4, -0.2) is 24.9 Å². The molecule has 17 heavy (non-hydrogen) atoms. The van der Waals surface area contributed by atoms with Crippen LogP contribution >= 0.6 is 0 Å². The lowest BCUT2D eigenvalue weighted by Crippen LogP contribution is -2.35. The predicted octanol–water partition coefficient (Wildman–Crippen LogP) is 2.41. The summed E-state index contributed by atoms with van der Waals surface area (Å²) in [5.74, 6) is -3.09. The molecule has 0 fully saturated rings. The van der Waals surface area contributed by atoms with Gasteiger partial charge < -0.3 is 4.74 Å². The second-order valence-electron chi connectivity index (χ2n) is 4.77. The molecule has 3 nitrogen and oxygen atoms in total. The Kier molecular flexibility index (Phi) is 3.36. The largest absolute Gasteiger partial charge is 0.500 e. The van der Waals surface area contributed by atoms with Crippen LogP contribution in [0, 0.1) is 5.41 Å². The molecule has 0 bridgehead atoms. The molecule has 0 N–H and O–H groups in total. The number of allylic oxidation sites excluding steroid dienone is 2. The van der Waals surface area contributed by atoms with Crippen molar-refractivity contribution in [2.45, 2.75) is 32.9 Å². The van der Waals surface area contributed by atoms with E-state index in [1.807, 2.05) is 0 Å². The molecule has 0 unspecified atom stereocenters. The van der Waals surface area contributed by atoms with Crippen LogP contribution in [0.1, 0.15) is 26.7 Å². The third-order valence-corrected chi connectivity index (χ3v) is 2.57. The molecule has 0 aliphatic heterocycles. The monoisotopic (exact) mass is 250 g/mol. The minimum absolute atomic E-state index is 0.0863. The number of carbonyl (C=O) groups is 2. The summed E-state index contributed by atoms with van der Waals surface area (Å²) in [7, 11) is 1.16. The second kappa shape index (κ2) is 4.16. The maximum atomic E-state index is 12.3. The fourth-order valence-corrected chi connectivity index (χ4v) is 1.83.